The van der Waals surface area contributed by atoms with Gasteiger partial charge in [0.1, 0.15) is 6.10 Å². The second-order valence-electron chi connectivity index (χ2n) is 7.03. The van der Waals surface area contributed by atoms with Crippen molar-refractivity contribution >= 4 is 51.1 Å². The summed E-state index contributed by atoms with van der Waals surface area (Å²) in [4.78, 5) is 36.7. The number of esters is 2. The number of alkyl halides is 1. The molecule has 2 aliphatic carbocycles. The highest BCUT2D eigenvalue weighted by molar-refractivity contribution is 9.09. The Labute approximate surface area is 163 Å². The summed E-state index contributed by atoms with van der Waals surface area (Å²) >= 11 is 9.57. The fraction of sp³-hybridized carbons (Fsp3) is 0.500. The monoisotopic (exact) mass is 441 g/mol. The number of benzene rings is 1. The molecule has 1 saturated heterocycles. The molecule has 1 amide bonds. The lowest BCUT2D eigenvalue weighted by atomic mass is 9.80. The molecule has 1 heterocycles. The van der Waals surface area contributed by atoms with Crippen molar-refractivity contribution in [1.29, 1.82) is 0 Å². The lowest BCUT2D eigenvalue weighted by molar-refractivity contribution is -0.157. The van der Waals surface area contributed by atoms with Crippen LogP contribution < -0.4 is 5.32 Å². The maximum atomic E-state index is 12.5. The molecule has 0 radical (unpaired) electrons. The van der Waals surface area contributed by atoms with Gasteiger partial charge in [-0.25, -0.2) is 0 Å². The van der Waals surface area contributed by atoms with Crippen LogP contribution in [0, 0.1) is 30.6 Å². The highest BCUT2D eigenvalue weighted by atomic mass is 79.9. The molecule has 0 unspecified atom stereocenters. The zero-order valence-corrected chi connectivity index (χ0v) is 16.2. The zero-order chi connectivity index (χ0) is 18.6. The molecule has 6 nitrogen and oxygen atoms in total. The van der Waals surface area contributed by atoms with Crippen LogP contribution in [0.4, 0.5) is 5.69 Å². The number of rotatable bonds is 4. The topological polar surface area (TPSA) is 81.7 Å². The Morgan fingerprint density at radius 2 is 2.15 bits per heavy atom. The van der Waals surface area contributed by atoms with Gasteiger partial charge in [-0.1, -0.05) is 33.6 Å². The third-order valence-corrected chi connectivity index (χ3v) is 7.29. The van der Waals surface area contributed by atoms with Gasteiger partial charge in [-0.05, 0) is 37.0 Å². The van der Waals surface area contributed by atoms with Crippen LogP contribution in [0.3, 0.4) is 0 Å². The molecule has 4 rings (SSSR count). The van der Waals surface area contributed by atoms with E-state index in [0.29, 0.717) is 10.7 Å². The molecule has 26 heavy (non-hydrogen) atoms. The fourth-order valence-electron chi connectivity index (χ4n) is 4.46. The maximum absolute atomic E-state index is 12.5. The number of hydrogen-bond acceptors (Lipinski definition) is 5. The van der Waals surface area contributed by atoms with Crippen LogP contribution in [0.5, 0.6) is 0 Å². The summed E-state index contributed by atoms with van der Waals surface area (Å²) in [5.74, 6) is -2.20. The maximum Gasteiger partial charge on any atom is 0.310 e. The van der Waals surface area contributed by atoms with E-state index >= 15 is 0 Å². The van der Waals surface area contributed by atoms with E-state index in [0.717, 1.165) is 12.0 Å². The fourth-order valence-corrected chi connectivity index (χ4v) is 5.68. The lowest BCUT2D eigenvalue weighted by Crippen LogP contribution is -2.39. The van der Waals surface area contributed by atoms with Gasteiger partial charge >= 0.3 is 11.9 Å². The van der Waals surface area contributed by atoms with E-state index in [2.05, 4.69) is 21.2 Å². The first-order valence-electron chi connectivity index (χ1n) is 8.44. The predicted octanol–water partition coefficient (Wildman–Crippen LogP) is 2.70. The van der Waals surface area contributed by atoms with Gasteiger partial charge in [0.05, 0.1) is 16.7 Å². The summed E-state index contributed by atoms with van der Waals surface area (Å²) in [6.45, 7) is 1.38. The molecule has 3 aliphatic rings. The summed E-state index contributed by atoms with van der Waals surface area (Å²) < 4.78 is 10.6. The molecule has 8 heteroatoms. The van der Waals surface area contributed by atoms with E-state index in [1.807, 2.05) is 0 Å². The second-order valence-corrected chi connectivity index (χ2v) is 8.49. The zero-order valence-electron chi connectivity index (χ0n) is 13.9. The van der Waals surface area contributed by atoms with Gasteiger partial charge in [-0.15, -0.1) is 0 Å². The van der Waals surface area contributed by atoms with Gasteiger partial charge in [0, 0.05) is 16.6 Å². The van der Waals surface area contributed by atoms with Crippen molar-refractivity contribution in [2.24, 2.45) is 23.7 Å². The number of carbonyl (C=O) groups is 3. The molecular weight excluding hydrogens is 426 g/mol. The first-order valence-corrected chi connectivity index (χ1v) is 9.74. The first kappa shape index (κ1) is 17.8. The van der Waals surface area contributed by atoms with Crippen LogP contribution in [0.2, 0.25) is 5.02 Å². The molecule has 138 valence electrons. The predicted molar refractivity (Wildman–Crippen MR) is 96.9 cm³/mol. The number of nitrogens with one attached hydrogen (secondary N) is 1. The van der Waals surface area contributed by atoms with E-state index < -0.39 is 30.3 Å². The molecule has 0 spiro atoms. The summed E-state index contributed by atoms with van der Waals surface area (Å²) in [6, 6.07) is 5.18. The number of hydrogen-bond donors (Lipinski definition) is 1. The van der Waals surface area contributed by atoms with Crippen LogP contribution >= 0.6 is 27.5 Å². The molecule has 1 N–H and O–H groups in total. The summed E-state index contributed by atoms with van der Waals surface area (Å²) in [7, 11) is 0. The molecule has 1 aliphatic heterocycles. The number of carbonyl (C=O) groups excluding carboxylic acids is 3. The van der Waals surface area contributed by atoms with Crippen molar-refractivity contribution in [1.82, 2.24) is 0 Å². The van der Waals surface area contributed by atoms with Gasteiger partial charge in [-0.3, -0.25) is 14.4 Å². The van der Waals surface area contributed by atoms with Gasteiger partial charge in [0.25, 0.3) is 5.91 Å². The molecule has 2 saturated carbocycles. The van der Waals surface area contributed by atoms with Gasteiger partial charge in [0.15, 0.2) is 6.61 Å². The molecule has 2 bridgehead atoms. The Bertz CT molecular complexity index is 800. The Morgan fingerprint density at radius 1 is 1.38 bits per heavy atom. The van der Waals surface area contributed by atoms with Crippen LogP contribution in [-0.4, -0.2) is 35.4 Å². The van der Waals surface area contributed by atoms with Gasteiger partial charge in [-0.2, -0.15) is 0 Å². The highest BCUT2D eigenvalue weighted by Crippen LogP contribution is 2.60. The molecule has 6 atom stereocenters. The molecule has 3 fully saturated rings. The van der Waals surface area contributed by atoms with Crippen molar-refractivity contribution in [3.05, 3.63) is 28.8 Å². The normalized spacial score (nSPS) is 33.9. The summed E-state index contributed by atoms with van der Waals surface area (Å²) in [5, 5.41) is 3.22. The van der Waals surface area contributed by atoms with Crippen molar-refractivity contribution in [3.8, 4) is 0 Å². The molecule has 1 aromatic rings. The Kier molecular flexibility index (Phi) is 4.47. The van der Waals surface area contributed by atoms with E-state index in [4.69, 9.17) is 21.1 Å². The number of ether oxygens (including phenoxy) is 2. The first-order chi connectivity index (χ1) is 12.4. The number of fused-ring (bicyclic) bond motifs is 1. The van der Waals surface area contributed by atoms with Crippen molar-refractivity contribution in [3.63, 3.8) is 0 Å². The number of anilines is 1. The highest BCUT2D eigenvalue weighted by Gasteiger charge is 2.68. The standard InChI is InChI=1S/C18H17BrClNO5/c1-7-10(20)3-2-4-11(7)21-12(22)6-25-17(23)13-8-5-9-14(13)18(24)26-16(9)15(8)19/h2-4,8-9,13-16H,5-6H2,1H3,(H,21,22)/t8-,9-,13-,14-,15+,16+/m1/s1. The van der Waals surface area contributed by atoms with E-state index in [9.17, 15) is 14.4 Å². The Balaban J connectivity index is 1.38. The molecular formula is C18H17BrClNO5. The third kappa shape index (κ3) is 2.72. The van der Waals surface area contributed by atoms with E-state index in [1.54, 1.807) is 25.1 Å². The van der Waals surface area contributed by atoms with Crippen LogP contribution in [0.15, 0.2) is 18.2 Å². The minimum atomic E-state index is -0.545. The largest absolute Gasteiger partial charge is 0.461 e. The van der Waals surface area contributed by atoms with Gasteiger partial charge < -0.3 is 14.8 Å². The average molecular weight is 443 g/mol. The average Bonchev–Trinajstić information content (AvgIpc) is 3.21. The Hall–Kier alpha value is -1.60. The molecule has 0 aromatic heterocycles. The van der Waals surface area contributed by atoms with E-state index in [-0.39, 0.29) is 28.7 Å². The van der Waals surface area contributed by atoms with Crippen molar-refractivity contribution in [2.45, 2.75) is 24.3 Å². The Morgan fingerprint density at radius 3 is 2.92 bits per heavy atom. The van der Waals surface area contributed by atoms with Crippen LogP contribution in [0.1, 0.15) is 12.0 Å². The molecule has 1 aromatic carbocycles. The summed E-state index contributed by atoms with van der Waals surface area (Å²) in [6.07, 6.45) is 0.626. The minimum absolute atomic E-state index is 0.00665. The van der Waals surface area contributed by atoms with Gasteiger partial charge in [0.2, 0.25) is 0 Å². The third-order valence-electron chi connectivity index (χ3n) is 5.68. The van der Waals surface area contributed by atoms with E-state index in [1.165, 1.54) is 0 Å². The second kappa shape index (κ2) is 6.53. The summed E-state index contributed by atoms with van der Waals surface area (Å²) in [5.41, 5.74) is 1.31. The lowest BCUT2D eigenvalue weighted by Gasteiger charge is -2.26. The number of halogens is 2. The minimum Gasteiger partial charge on any atom is -0.461 e. The van der Waals surface area contributed by atoms with Crippen molar-refractivity contribution in [2.75, 3.05) is 11.9 Å². The van der Waals surface area contributed by atoms with Crippen LogP contribution in [0.25, 0.3) is 0 Å². The smallest absolute Gasteiger partial charge is 0.310 e. The SMILES string of the molecule is Cc1c(Cl)cccc1NC(=O)COC(=O)[C@@H]1[C@H]2C[C@H]3[C@H](OC(=O)[C@H]31)[C@H]2Br. The van der Waals surface area contributed by atoms with Crippen molar-refractivity contribution < 1.29 is 23.9 Å². The van der Waals surface area contributed by atoms with Crippen LogP contribution in [-0.2, 0) is 23.9 Å². The quantitative estimate of drug-likeness (QED) is 0.573. The number of amides is 1.